The van der Waals surface area contributed by atoms with E-state index >= 15 is 0 Å². The topological polar surface area (TPSA) is 250 Å². The normalized spacial score (nSPS) is 24.0. The molecule has 0 spiro atoms. The van der Waals surface area contributed by atoms with Crippen LogP contribution in [0.5, 0.6) is 0 Å². The lowest BCUT2D eigenvalue weighted by atomic mass is 10.1. The number of aliphatic hydroxyl groups excluding tert-OH is 1. The van der Waals surface area contributed by atoms with Gasteiger partial charge < -0.3 is 39.8 Å². The van der Waals surface area contributed by atoms with E-state index in [4.69, 9.17) is 37.4 Å². The first-order chi connectivity index (χ1) is 32.1. The zero-order chi connectivity index (χ0) is 48.4. The van der Waals surface area contributed by atoms with Crippen LogP contribution < -0.4 is 10.6 Å². The van der Waals surface area contributed by atoms with Crippen LogP contribution in [0.2, 0.25) is 0 Å². The minimum atomic E-state index is -0.661. The number of fused-ring (bicyclic) bond motifs is 2. The minimum Gasteiger partial charge on any atom is -0.390 e. The number of ether oxygens (including phenoxy) is 3. The van der Waals surface area contributed by atoms with E-state index in [1.54, 1.807) is 66.6 Å². The Bertz CT molecular complexity index is 2470. The van der Waals surface area contributed by atoms with Crippen molar-refractivity contribution in [1.82, 2.24) is 28.9 Å². The van der Waals surface area contributed by atoms with Gasteiger partial charge in [0.15, 0.2) is 11.0 Å². The van der Waals surface area contributed by atoms with E-state index in [-0.39, 0.29) is 53.7 Å². The molecule has 2 fully saturated rings. The number of hydrogen-bond donors (Lipinski definition) is 3. The molecule has 67 heavy (non-hydrogen) atoms. The molecule has 0 aliphatic carbocycles. The number of nitro benzene ring substituents is 2. The van der Waals surface area contributed by atoms with Crippen molar-refractivity contribution in [2.45, 2.75) is 99.3 Å². The zero-order valence-electron chi connectivity index (χ0n) is 37.6. The second kappa shape index (κ2) is 23.4. The van der Waals surface area contributed by atoms with E-state index in [1.165, 1.54) is 12.1 Å². The van der Waals surface area contributed by atoms with Gasteiger partial charge in [0.1, 0.15) is 35.5 Å². The molecule has 6 heterocycles. The summed E-state index contributed by atoms with van der Waals surface area (Å²) in [5.74, 6) is 2.18. The van der Waals surface area contributed by atoms with Crippen LogP contribution in [0.15, 0.2) is 81.2 Å². The van der Waals surface area contributed by atoms with Crippen LogP contribution in [0.1, 0.15) is 85.5 Å². The molecule has 8 rings (SSSR count). The summed E-state index contributed by atoms with van der Waals surface area (Å²) in [5, 5.41) is 38.5. The lowest BCUT2D eigenvalue weighted by Gasteiger charge is -2.21. The molecule has 4 aliphatic heterocycles. The van der Waals surface area contributed by atoms with Crippen LogP contribution in [-0.4, -0.2) is 121 Å². The molecular formula is C42H53BrCl2N14O8. The van der Waals surface area contributed by atoms with Gasteiger partial charge in [-0.15, -0.1) is 0 Å². The van der Waals surface area contributed by atoms with E-state index in [9.17, 15) is 25.3 Å². The molecule has 0 amide bonds. The number of nitrogens with one attached hydrogen (secondary N) is 2. The Hall–Kier alpha value is -5.56. The fraction of sp³-hybridized carbons (Fsp3) is 0.476. The van der Waals surface area contributed by atoms with Crippen molar-refractivity contribution in [3.63, 3.8) is 0 Å². The van der Waals surface area contributed by atoms with Crippen molar-refractivity contribution in [2.24, 2.45) is 20.0 Å². The molecule has 25 heteroatoms. The number of rotatable bonds is 12. The first kappa shape index (κ1) is 50.8. The molecule has 0 radical (unpaired) electrons. The number of imidazole rings is 2. The van der Waals surface area contributed by atoms with Gasteiger partial charge in [0, 0.05) is 64.1 Å². The third kappa shape index (κ3) is 12.7. The van der Waals surface area contributed by atoms with Crippen molar-refractivity contribution in [3.8, 4) is 0 Å². The summed E-state index contributed by atoms with van der Waals surface area (Å²) >= 11 is 15.9. The molecule has 8 atom stereocenters. The Kier molecular flexibility index (Phi) is 17.8. The van der Waals surface area contributed by atoms with Crippen LogP contribution in [0.3, 0.4) is 0 Å². The molecule has 3 N–H and O–H groups in total. The minimum absolute atomic E-state index is 0.0483. The maximum absolute atomic E-state index is 11.3. The molecule has 22 nitrogen and oxygen atoms in total. The van der Waals surface area contributed by atoms with Gasteiger partial charge in [0.05, 0.1) is 71.8 Å². The highest BCUT2D eigenvalue weighted by molar-refractivity contribution is 9.08. The van der Waals surface area contributed by atoms with E-state index in [2.05, 4.69) is 56.5 Å². The Morgan fingerprint density at radius 1 is 0.806 bits per heavy atom. The summed E-state index contributed by atoms with van der Waals surface area (Å²) in [4.78, 5) is 50.4. The summed E-state index contributed by atoms with van der Waals surface area (Å²) in [7, 11) is 7.48. The molecular weight excluding hydrogens is 979 g/mol. The van der Waals surface area contributed by atoms with Crippen LogP contribution >= 0.6 is 39.1 Å². The molecule has 360 valence electrons. The SMILES string of the molecule is CCC1OC(n2cnc3c2NC(N=CN(C)C)=NC3Cl)CC1O.CCC1OC(n2cnc3c2NC(N=CN(C)C)=NC3Cl)CC1OCc1ccccc1[N+](=O)[O-].O=[N+]([O-])c1ccccc1CBr. The molecule has 4 aliphatic rings. The first-order valence-corrected chi connectivity index (χ1v) is 23.2. The summed E-state index contributed by atoms with van der Waals surface area (Å²) in [5.41, 5.74) is 1.43. The van der Waals surface area contributed by atoms with Crippen molar-refractivity contribution in [3.05, 3.63) is 104 Å². The number of aliphatic imine (C=N–C) groups is 4. The Labute approximate surface area is 405 Å². The van der Waals surface area contributed by atoms with Gasteiger partial charge in [0.25, 0.3) is 11.4 Å². The number of halogens is 3. The van der Waals surface area contributed by atoms with Crippen molar-refractivity contribution in [1.29, 1.82) is 0 Å². The molecule has 2 aromatic carbocycles. The van der Waals surface area contributed by atoms with E-state index in [0.29, 0.717) is 64.2 Å². The number of benzene rings is 2. The number of hydrogen-bond acceptors (Lipinski definition) is 16. The predicted molar refractivity (Wildman–Crippen MR) is 259 cm³/mol. The van der Waals surface area contributed by atoms with E-state index in [0.717, 1.165) is 12.8 Å². The van der Waals surface area contributed by atoms with Gasteiger partial charge in [-0.05, 0) is 18.9 Å². The number of anilines is 2. The third-order valence-corrected chi connectivity index (χ3v) is 11.8. The number of nitro groups is 2. The second-order valence-electron chi connectivity index (χ2n) is 15.9. The van der Waals surface area contributed by atoms with Crippen molar-refractivity contribution in [2.75, 3.05) is 38.8 Å². The highest BCUT2D eigenvalue weighted by Crippen LogP contribution is 2.40. The third-order valence-electron chi connectivity index (χ3n) is 10.6. The number of alkyl halides is 3. The molecule has 8 unspecified atom stereocenters. The molecule has 2 saturated heterocycles. The van der Waals surface area contributed by atoms with Crippen LogP contribution in [0.25, 0.3) is 0 Å². The summed E-state index contributed by atoms with van der Waals surface area (Å²) < 4.78 is 22.0. The quantitative estimate of drug-likeness (QED) is 0.0307. The summed E-state index contributed by atoms with van der Waals surface area (Å²) in [6, 6.07) is 13.3. The summed E-state index contributed by atoms with van der Waals surface area (Å²) in [6.07, 6.45) is 7.55. The smallest absolute Gasteiger partial charge is 0.274 e. The van der Waals surface area contributed by atoms with E-state index < -0.39 is 22.0 Å². The van der Waals surface area contributed by atoms with Gasteiger partial charge in [-0.25, -0.2) is 29.9 Å². The zero-order valence-corrected chi connectivity index (χ0v) is 40.7. The summed E-state index contributed by atoms with van der Waals surface area (Å²) in [6.45, 7) is 4.15. The fourth-order valence-corrected chi connectivity index (χ4v) is 8.33. The van der Waals surface area contributed by atoms with Gasteiger partial charge in [-0.2, -0.15) is 0 Å². The van der Waals surface area contributed by atoms with Crippen molar-refractivity contribution >= 4 is 86.7 Å². The Balaban J connectivity index is 0.000000188. The van der Waals surface area contributed by atoms with E-state index in [1.807, 2.05) is 56.1 Å². The Morgan fingerprint density at radius 3 is 1.72 bits per heavy atom. The molecule has 0 bridgehead atoms. The lowest BCUT2D eigenvalue weighted by molar-refractivity contribution is -0.386. The predicted octanol–water partition coefficient (Wildman–Crippen LogP) is 7.72. The average molecular weight is 1030 g/mol. The van der Waals surface area contributed by atoms with Gasteiger partial charge in [-0.3, -0.25) is 29.4 Å². The van der Waals surface area contributed by atoms with Gasteiger partial charge in [0.2, 0.25) is 11.9 Å². The highest BCUT2D eigenvalue weighted by Gasteiger charge is 2.39. The highest BCUT2D eigenvalue weighted by atomic mass is 79.9. The molecule has 4 aromatic rings. The number of nitrogens with zero attached hydrogens (tertiary/aromatic N) is 12. The number of aliphatic hydroxyl groups is 1. The van der Waals surface area contributed by atoms with Gasteiger partial charge in [-0.1, -0.05) is 83.3 Å². The monoisotopic (exact) mass is 1030 g/mol. The maximum atomic E-state index is 11.3. The van der Waals surface area contributed by atoms with Crippen LogP contribution in [-0.2, 0) is 26.1 Å². The number of aromatic nitrogens is 4. The molecule has 0 saturated carbocycles. The lowest BCUT2D eigenvalue weighted by Crippen LogP contribution is -2.23. The second-order valence-corrected chi connectivity index (χ2v) is 17.3. The number of para-hydroxylation sites is 2. The standard InChI is InChI=1S/C21H26ClN7O4.C14H21ClN6O2.C7H6BrNO2/c1-4-15-16(32-10-13-7-5-6-8-14(13)29(30)31)9-17(33-15)28-12-23-18-19(22)25-21(26-20(18)28)24-11-27(2)3;1-4-9-8(22)5-10(23-9)21-7-16-11-12(15)18-14(19-13(11)21)17-6-20(2)3;8-5-6-3-1-2-4-7(6)9(10)11/h5-8,11-12,15-17,19H,4,9-10H2,1-3H3,(H,25,26);6-10,12,22H,4-5H2,1-3H3,(H,18,19);1-4H,5H2. The van der Waals surface area contributed by atoms with Crippen molar-refractivity contribution < 1.29 is 29.2 Å². The van der Waals surface area contributed by atoms with Crippen LogP contribution in [0, 0.1) is 20.2 Å². The van der Waals surface area contributed by atoms with Gasteiger partial charge >= 0.3 is 0 Å². The average Bonchev–Trinajstić information content (AvgIpc) is 4.12. The number of guanidine groups is 2. The fourth-order valence-electron chi connectivity index (χ4n) is 7.35. The van der Waals surface area contributed by atoms with Crippen LogP contribution in [0.4, 0.5) is 23.0 Å². The Morgan fingerprint density at radius 2 is 1.27 bits per heavy atom. The molecule has 2 aromatic heterocycles. The first-order valence-electron chi connectivity index (χ1n) is 21.3. The maximum Gasteiger partial charge on any atom is 0.274 e. The largest absolute Gasteiger partial charge is 0.390 e.